The number of aldehydes is 1. The Labute approximate surface area is 198 Å². The van der Waals surface area contributed by atoms with Gasteiger partial charge in [-0.15, -0.1) is 0 Å². The van der Waals surface area contributed by atoms with Gasteiger partial charge in [-0.05, 0) is 80.8 Å². The molecule has 4 aliphatic rings. The second-order valence-corrected chi connectivity index (χ2v) is 11.4. The third kappa shape index (κ3) is 3.11. The van der Waals surface area contributed by atoms with Crippen molar-refractivity contribution < 1.29 is 29.0 Å². The normalized spacial score (nSPS) is 45.5. The number of esters is 1. The number of nitrogens with two attached hydrogens (primary N) is 1. The van der Waals surface area contributed by atoms with E-state index in [1.54, 1.807) is 6.07 Å². The fourth-order valence-electron chi connectivity index (χ4n) is 8.57. The number of hydrogen-bond acceptors (Lipinski definition) is 8. The maximum Gasteiger partial charge on any atom is 0.335 e. The number of hydrogen-bond donors (Lipinski definition) is 3. The lowest BCUT2D eigenvalue weighted by Crippen LogP contribution is -2.68. The van der Waals surface area contributed by atoms with E-state index in [4.69, 9.17) is 14.9 Å². The van der Waals surface area contributed by atoms with Gasteiger partial charge in [-0.25, -0.2) is 4.79 Å². The van der Waals surface area contributed by atoms with Gasteiger partial charge in [-0.2, -0.15) is 0 Å². The van der Waals surface area contributed by atoms with Crippen molar-refractivity contribution in [3.8, 4) is 0 Å². The van der Waals surface area contributed by atoms with Gasteiger partial charge >= 0.3 is 11.6 Å². The summed E-state index contributed by atoms with van der Waals surface area (Å²) < 4.78 is 10.6. The molecule has 8 heteroatoms. The van der Waals surface area contributed by atoms with Gasteiger partial charge in [0, 0.05) is 17.9 Å². The van der Waals surface area contributed by atoms with Crippen LogP contribution in [-0.4, -0.2) is 46.3 Å². The molecule has 0 radical (unpaired) electrons. The summed E-state index contributed by atoms with van der Waals surface area (Å²) in [6, 6.07) is 3.23. The lowest BCUT2D eigenvalue weighted by atomic mass is 9.41. The molecular weight excluding hydrogens is 438 g/mol. The van der Waals surface area contributed by atoms with Crippen molar-refractivity contribution in [2.24, 2.45) is 28.4 Å². The van der Waals surface area contributed by atoms with Crippen LogP contribution in [0.1, 0.15) is 76.2 Å². The Kier molecular flexibility index (Phi) is 5.58. The average molecular weight is 474 g/mol. The van der Waals surface area contributed by atoms with Crippen LogP contribution >= 0.6 is 0 Å². The third-order valence-electron chi connectivity index (χ3n) is 10.3. The van der Waals surface area contributed by atoms with E-state index in [2.05, 4.69) is 6.92 Å². The number of fused-ring (bicyclic) bond motifs is 5. The van der Waals surface area contributed by atoms with E-state index in [1.165, 1.54) is 12.3 Å². The summed E-state index contributed by atoms with van der Waals surface area (Å²) in [6.07, 6.45) is 6.97. The van der Waals surface area contributed by atoms with E-state index in [0.717, 1.165) is 24.7 Å². The van der Waals surface area contributed by atoms with Crippen molar-refractivity contribution in [2.75, 3.05) is 6.54 Å². The van der Waals surface area contributed by atoms with Crippen molar-refractivity contribution in [1.82, 2.24) is 0 Å². The molecule has 8 atom stereocenters. The van der Waals surface area contributed by atoms with Crippen molar-refractivity contribution in [2.45, 2.75) is 87.9 Å². The molecule has 1 aromatic heterocycles. The molecule has 34 heavy (non-hydrogen) atoms. The topological polar surface area (TPSA) is 140 Å². The van der Waals surface area contributed by atoms with Gasteiger partial charge in [0.15, 0.2) is 0 Å². The summed E-state index contributed by atoms with van der Waals surface area (Å²) in [6.45, 7) is 1.92. The van der Waals surface area contributed by atoms with Gasteiger partial charge < -0.3 is 29.9 Å². The Morgan fingerprint density at radius 1 is 1.15 bits per heavy atom. The smallest absolute Gasteiger partial charge is 0.335 e. The number of carbonyl (C=O) groups is 2. The number of aliphatic hydroxyl groups is 2. The minimum absolute atomic E-state index is 0.0576. The molecule has 1 aromatic rings. The second kappa shape index (κ2) is 8.00. The first-order valence-corrected chi connectivity index (χ1v) is 12.5. The summed E-state index contributed by atoms with van der Waals surface area (Å²) in [4.78, 5) is 36.0. The molecule has 0 aromatic carbocycles. The molecule has 0 spiro atoms. The Morgan fingerprint density at radius 2 is 1.91 bits per heavy atom. The number of rotatable bonds is 4. The van der Waals surface area contributed by atoms with E-state index in [1.807, 2.05) is 0 Å². The quantitative estimate of drug-likeness (QED) is 0.446. The highest BCUT2D eigenvalue weighted by Gasteiger charge is 2.71. The molecule has 1 heterocycles. The summed E-state index contributed by atoms with van der Waals surface area (Å²) in [7, 11) is 0. The molecule has 4 saturated carbocycles. The predicted octanol–water partition coefficient (Wildman–Crippen LogP) is 2.05. The first kappa shape index (κ1) is 23.7. The Morgan fingerprint density at radius 3 is 2.59 bits per heavy atom. The third-order valence-corrected chi connectivity index (χ3v) is 10.3. The highest BCUT2D eigenvalue weighted by atomic mass is 16.5. The molecule has 0 bridgehead atoms. The summed E-state index contributed by atoms with van der Waals surface area (Å²) in [5.41, 5.74) is 2.31. The monoisotopic (exact) mass is 473 g/mol. The van der Waals surface area contributed by atoms with Gasteiger partial charge in [-0.3, -0.25) is 4.79 Å². The summed E-state index contributed by atoms with van der Waals surface area (Å²) in [5, 5.41) is 24.1. The maximum atomic E-state index is 12.7. The molecule has 4 N–H and O–H groups in total. The average Bonchev–Trinajstić information content (AvgIpc) is 3.10. The number of ether oxygens (including phenoxy) is 1. The zero-order valence-corrected chi connectivity index (χ0v) is 19.7. The van der Waals surface area contributed by atoms with Gasteiger partial charge in [0.25, 0.3) is 0 Å². The maximum absolute atomic E-state index is 12.7. The summed E-state index contributed by atoms with van der Waals surface area (Å²) >= 11 is 0. The highest BCUT2D eigenvalue weighted by Crippen LogP contribution is 2.71. The van der Waals surface area contributed by atoms with Crippen LogP contribution in [0, 0.1) is 22.7 Å². The fourth-order valence-corrected chi connectivity index (χ4v) is 8.57. The van der Waals surface area contributed by atoms with Crippen LogP contribution in [0.3, 0.4) is 0 Å². The molecule has 0 unspecified atom stereocenters. The molecule has 5 rings (SSSR count). The van der Waals surface area contributed by atoms with Crippen LogP contribution < -0.4 is 11.4 Å². The zero-order valence-electron chi connectivity index (χ0n) is 19.7. The van der Waals surface area contributed by atoms with Crippen LogP contribution in [0.4, 0.5) is 0 Å². The standard InChI is InChI=1S/C26H35NO7/c1-23-8-5-19-20(26(23,32)11-7-18(23)16-2-3-21(29)33-14-16)6-10-25(31)12-17(34-22(30)13-27)4-9-24(19,25)15-28/h2-3,14-15,17-20,31-32H,4-13,27H2,1H3/t17-,18+,19-,20+,23+,24-,25-,26-/m0/s1. The molecular formula is C26H35NO7. The van der Waals surface area contributed by atoms with E-state index < -0.39 is 39.7 Å². The minimum Gasteiger partial charge on any atom is -0.461 e. The van der Waals surface area contributed by atoms with Crippen LogP contribution in [0.2, 0.25) is 0 Å². The Balaban J connectivity index is 1.45. The number of carbonyl (C=O) groups excluding carboxylic acids is 2. The Hall–Kier alpha value is -2.03. The largest absolute Gasteiger partial charge is 0.461 e. The van der Waals surface area contributed by atoms with Gasteiger partial charge in [-0.1, -0.05) is 6.92 Å². The van der Waals surface area contributed by atoms with E-state index in [-0.39, 0.29) is 30.7 Å². The molecule has 8 nitrogen and oxygen atoms in total. The lowest BCUT2D eigenvalue weighted by Gasteiger charge is -2.65. The Bertz CT molecular complexity index is 1020. The second-order valence-electron chi connectivity index (χ2n) is 11.4. The highest BCUT2D eigenvalue weighted by molar-refractivity contribution is 5.71. The van der Waals surface area contributed by atoms with Crippen molar-refractivity contribution in [1.29, 1.82) is 0 Å². The SMILES string of the molecule is C[C@]12CC[C@H]3[C@@H](CC[C@]4(O)C[C@@H](OC(=O)CN)CC[C@]34C=O)[C@@]1(O)CC[C@@H]2c1ccc(=O)oc1. The molecule has 0 amide bonds. The van der Waals surface area contributed by atoms with Gasteiger partial charge in [0.05, 0.1) is 29.4 Å². The van der Waals surface area contributed by atoms with Gasteiger partial charge in [0.1, 0.15) is 12.4 Å². The van der Waals surface area contributed by atoms with Crippen LogP contribution in [0.15, 0.2) is 27.6 Å². The van der Waals surface area contributed by atoms with Gasteiger partial charge in [0.2, 0.25) is 0 Å². The first-order valence-electron chi connectivity index (χ1n) is 12.5. The predicted molar refractivity (Wildman–Crippen MR) is 122 cm³/mol. The zero-order chi connectivity index (χ0) is 24.4. The van der Waals surface area contributed by atoms with E-state index >= 15 is 0 Å². The molecule has 186 valence electrons. The summed E-state index contributed by atoms with van der Waals surface area (Å²) in [5.74, 6) is -0.694. The van der Waals surface area contributed by atoms with Crippen LogP contribution in [0.25, 0.3) is 0 Å². The van der Waals surface area contributed by atoms with Crippen LogP contribution in [-0.2, 0) is 14.3 Å². The van der Waals surface area contributed by atoms with Crippen molar-refractivity contribution in [3.63, 3.8) is 0 Å². The van der Waals surface area contributed by atoms with Crippen LogP contribution in [0.5, 0.6) is 0 Å². The molecule has 4 fully saturated rings. The molecule has 4 aliphatic carbocycles. The minimum atomic E-state index is -1.27. The lowest BCUT2D eigenvalue weighted by molar-refractivity contribution is -0.248. The molecule has 0 saturated heterocycles. The van der Waals surface area contributed by atoms with E-state index in [0.29, 0.717) is 38.5 Å². The molecule has 0 aliphatic heterocycles. The van der Waals surface area contributed by atoms with E-state index in [9.17, 15) is 24.6 Å². The fraction of sp³-hybridized carbons (Fsp3) is 0.731. The first-order chi connectivity index (χ1) is 16.1. The van der Waals surface area contributed by atoms with Crippen molar-refractivity contribution >= 4 is 12.3 Å². The van der Waals surface area contributed by atoms with Crippen molar-refractivity contribution in [3.05, 3.63) is 34.4 Å².